The molecule has 74 valence electrons. The standard InChI is InChI=1S/C6H14O5S/c7-1-3(8)5(10)6(11)4(9)2-12/h3-12H,1-2H2/t3-,4+,5+,6-/m1/s1. The van der Waals surface area contributed by atoms with Gasteiger partial charge in [0.05, 0.1) is 12.7 Å². The van der Waals surface area contributed by atoms with Gasteiger partial charge in [-0.05, 0) is 0 Å². The maximum atomic E-state index is 9.07. The van der Waals surface area contributed by atoms with Crippen molar-refractivity contribution >= 4 is 12.6 Å². The number of aliphatic hydroxyl groups excluding tert-OH is 5. The number of rotatable bonds is 5. The van der Waals surface area contributed by atoms with Crippen LogP contribution < -0.4 is 0 Å². The van der Waals surface area contributed by atoms with E-state index in [9.17, 15) is 0 Å². The van der Waals surface area contributed by atoms with E-state index in [1.54, 1.807) is 0 Å². The lowest BCUT2D eigenvalue weighted by molar-refractivity contribution is -0.109. The van der Waals surface area contributed by atoms with Crippen molar-refractivity contribution in [2.75, 3.05) is 12.4 Å². The summed E-state index contributed by atoms with van der Waals surface area (Å²) in [5.74, 6) is -0.0314. The first-order valence-electron chi connectivity index (χ1n) is 3.48. The van der Waals surface area contributed by atoms with Gasteiger partial charge in [-0.3, -0.25) is 0 Å². The summed E-state index contributed by atoms with van der Waals surface area (Å²) in [7, 11) is 0. The van der Waals surface area contributed by atoms with Gasteiger partial charge in [0.15, 0.2) is 0 Å². The van der Waals surface area contributed by atoms with E-state index < -0.39 is 31.0 Å². The third-order valence-electron chi connectivity index (χ3n) is 1.51. The van der Waals surface area contributed by atoms with Gasteiger partial charge in [0.1, 0.15) is 18.3 Å². The summed E-state index contributed by atoms with van der Waals surface area (Å²) >= 11 is 3.68. The van der Waals surface area contributed by atoms with Gasteiger partial charge in [-0.1, -0.05) is 0 Å². The number of thiol groups is 1. The Morgan fingerprint density at radius 3 is 1.67 bits per heavy atom. The zero-order valence-corrected chi connectivity index (χ0v) is 7.30. The minimum Gasteiger partial charge on any atom is -0.394 e. The Morgan fingerprint density at radius 2 is 1.33 bits per heavy atom. The molecule has 0 fully saturated rings. The molecule has 0 bridgehead atoms. The molecule has 0 saturated heterocycles. The summed E-state index contributed by atoms with van der Waals surface area (Å²) in [6, 6.07) is 0. The highest BCUT2D eigenvalue weighted by Gasteiger charge is 2.28. The van der Waals surface area contributed by atoms with Gasteiger partial charge in [-0.2, -0.15) is 12.6 Å². The van der Waals surface area contributed by atoms with E-state index in [0.29, 0.717) is 0 Å². The summed E-state index contributed by atoms with van der Waals surface area (Å²) in [6.07, 6.45) is -5.72. The van der Waals surface area contributed by atoms with E-state index in [1.165, 1.54) is 0 Å². The van der Waals surface area contributed by atoms with Crippen LogP contribution in [0.15, 0.2) is 0 Å². The number of hydrogen-bond acceptors (Lipinski definition) is 6. The molecule has 0 aromatic heterocycles. The third-order valence-corrected chi connectivity index (χ3v) is 1.89. The first-order chi connectivity index (χ1) is 5.54. The van der Waals surface area contributed by atoms with Gasteiger partial charge in [0.25, 0.3) is 0 Å². The molecule has 0 aromatic carbocycles. The molecular formula is C6H14O5S. The molecule has 0 rings (SSSR count). The molecular weight excluding hydrogens is 184 g/mol. The topological polar surface area (TPSA) is 101 Å². The monoisotopic (exact) mass is 198 g/mol. The summed E-state index contributed by atoms with van der Waals surface area (Å²) in [5, 5.41) is 44.3. The highest BCUT2D eigenvalue weighted by molar-refractivity contribution is 7.80. The van der Waals surface area contributed by atoms with Crippen LogP contribution in [0.5, 0.6) is 0 Å². The average Bonchev–Trinajstić information content (AvgIpc) is 2.12. The minimum absolute atomic E-state index is 0.0314. The zero-order chi connectivity index (χ0) is 9.72. The molecule has 0 aliphatic rings. The molecule has 0 amide bonds. The highest BCUT2D eigenvalue weighted by Crippen LogP contribution is 2.05. The van der Waals surface area contributed by atoms with Crippen molar-refractivity contribution in [2.24, 2.45) is 0 Å². The lowest BCUT2D eigenvalue weighted by Gasteiger charge is -2.24. The molecule has 0 radical (unpaired) electrons. The largest absolute Gasteiger partial charge is 0.394 e. The van der Waals surface area contributed by atoms with Crippen LogP contribution >= 0.6 is 12.6 Å². The van der Waals surface area contributed by atoms with Crippen molar-refractivity contribution in [1.29, 1.82) is 0 Å². The molecule has 12 heavy (non-hydrogen) atoms. The second-order valence-corrected chi connectivity index (χ2v) is 2.85. The molecule has 5 nitrogen and oxygen atoms in total. The summed E-state index contributed by atoms with van der Waals surface area (Å²) in [4.78, 5) is 0. The fraction of sp³-hybridized carbons (Fsp3) is 1.00. The molecule has 4 atom stereocenters. The first-order valence-corrected chi connectivity index (χ1v) is 4.11. The third kappa shape index (κ3) is 3.26. The molecule has 0 aliphatic heterocycles. The second kappa shape index (κ2) is 5.74. The van der Waals surface area contributed by atoms with Crippen LogP contribution in [0.2, 0.25) is 0 Å². The molecule has 0 saturated carbocycles. The summed E-state index contributed by atoms with van der Waals surface area (Å²) < 4.78 is 0. The molecule has 0 heterocycles. The lowest BCUT2D eigenvalue weighted by Crippen LogP contribution is -2.46. The molecule has 0 spiro atoms. The van der Waals surface area contributed by atoms with Gasteiger partial charge < -0.3 is 25.5 Å². The molecule has 0 unspecified atom stereocenters. The van der Waals surface area contributed by atoms with E-state index in [4.69, 9.17) is 25.5 Å². The minimum atomic E-state index is -1.56. The van der Waals surface area contributed by atoms with Crippen molar-refractivity contribution in [2.45, 2.75) is 24.4 Å². The Morgan fingerprint density at radius 1 is 0.917 bits per heavy atom. The van der Waals surface area contributed by atoms with Gasteiger partial charge >= 0.3 is 0 Å². The normalized spacial score (nSPS) is 21.5. The Balaban J connectivity index is 3.99. The number of hydrogen-bond donors (Lipinski definition) is 6. The van der Waals surface area contributed by atoms with Crippen LogP contribution in [-0.4, -0.2) is 62.3 Å². The second-order valence-electron chi connectivity index (χ2n) is 2.48. The quantitative estimate of drug-likeness (QED) is 0.271. The first kappa shape index (κ1) is 12.2. The average molecular weight is 198 g/mol. The van der Waals surface area contributed by atoms with E-state index in [-0.39, 0.29) is 5.75 Å². The van der Waals surface area contributed by atoms with Crippen LogP contribution in [0.4, 0.5) is 0 Å². The van der Waals surface area contributed by atoms with Crippen molar-refractivity contribution < 1.29 is 25.5 Å². The molecule has 5 N–H and O–H groups in total. The van der Waals surface area contributed by atoms with E-state index in [1.807, 2.05) is 0 Å². The van der Waals surface area contributed by atoms with Gasteiger partial charge in [0, 0.05) is 5.75 Å². The van der Waals surface area contributed by atoms with Crippen LogP contribution in [0.1, 0.15) is 0 Å². The van der Waals surface area contributed by atoms with Crippen LogP contribution in [0, 0.1) is 0 Å². The smallest absolute Gasteiger partial charge is 0.111 e. The predicted octanol–water partition coefficient (Wildman–Crippen LogP) is -2.65. The van der Waals surface area contributed by atoms with Crippen LogP contribution in [0.25, 0.3) is 0 Å². The van der Waals surface area contributed by atoms with Crippen molar-refractivity contribution in [3.05, 3.63) is 0 Å². The maximum Gasteiger partial charge on any atom is 0.111 e. The predicted molar refractivity (Wildman–Crippen MR) is 45.0 cm³/mol. The Kier molecular flexibility index (Phi) is 5.81. The molecule has 6 heteroatoms. The summed E-state index contributed by atoms with van der Waals surface area (Å²) in [5.41, 5.74) is 0. The highest BCUT2D eigenvalue weighted by atomic mass is 32.1. The van der Waals surface area contributed by atoms with Gasteiger partial charge in [-0.25, -0.2) is 0 Å². The molecule has 0 aliphatic carbocycles. The Bertz CT molecular complexity index is 109. The Hall–Kier alpha value is 0.150. The van der Waals surface area contributed by atoms with E-state index in [2.05, 4.69) is 12.6 Å². The zero-order valence-electron chi connectivity index (χ0n) is 6.41. The SMILES string of the molecule is OC[C@@H](O)[C@H](O)[C@H](O)[C@@H](O)CS. The lowest BCUT2D eigenvalue weighted by atomic mass is 10.0. The maximum absolute atomic E-state index is 9.07. The van der Waals surface area contributed by atoms with Crippen molar-refractivity contribution in [3.8, 4) is 0 Å². The van der Waals surface area contributed by atoms with Crippen LogP contribution in [-0.2, 0) is 0 Å². The van der Waals surface area contributed by atoms with E-state index in [0.717, 1.165) is 0 Å². The van der Waals surface area contributed by atoms with Crippen LogP contribution in [0.3, 0.4) is 0 Å². The van der Waals surface area contributed by atoms with Crippen molar-refractivity contribution in [3.63, 3.8) is 0 Å². The fourth-order valence-corrected chi connectivity index (χ4v) is 0.887. The molecule has 0 aromatic rings. The Labute approximate surface area is 75.7 Å². The van der Waals surface area contributed by atoms with Gasteiger partial charge in [-0.15, -0.1) is 0 Å². The van der Waals surface area contributed by atoms with Crippen molar-refractivity contribution in [1.82, 2.24) is 0 Å². The fourth-order valence-electron chi connectivity index (χ4n) is 0.671. The van der Waals surface area contributed by atoms with Gasteiger partial charge in [0.2, 0.25) is 0 Å². The van der Waals surface area contributed by atoms with E-state index >= 15 is 0 Å². The number of aliphatic hydroxyl groups is 5. The summed E-state index contributed by atoms with van der Waals surface area (Å²) in [6.45, 7) is -0.669.